The summed E-state index contributed by atoms with van der Waals surface area (Å²) in [7, 11) is 1.93. The van der Waals surface area contributed by atoms with Crippen molar-refractivity contribution in [2.24, 2.45) is 0 Å². The van der Waals surface area contributed by atoms with Gasteiger partial charge in [0, 0.05) is 22.8 Å². The van der Waals surface area contributed by atoms with Gasteiger partial charge in [-0.2, -0.15) is 0 Å². The maximum absolute atomic E-state index is 5.86. The molecule has 2 rings (SSSR count). The molecule has 0 fully saturated rings. The van der Waals surface area contributed by atoms with Gasteiger partial charge in [-0.15, -0.1) is 0 Å². The van der Waals surface area contributed by atoms with Crippen LogP contribution in [-0.4, -0.2) is 12.0 Å². The third-order valence-corrected chi connectivity index (χ3v) is 4.42. The SMILES string of the molecule is CNCc1ccc(Oc2cc(C)c(Br)c(C)c2)nc1C. The number of nitrogens with one attached hydrogen (secondary N) is 1. The smallest absolute Gasteiger partial charge is 0.219 e. The van der Waals surface area contributed by atoms with E-state index in [1.54, 1.807) is 0 Å². The molecular weight excluding hydrogens is 316 g/mol. The molecule has 4 heteroatoms. The van der Waals surface area contributed by atoms with Gasteiger partial charge < -0.3 is 10.1 Å². The van der Waals surface area contributed by atoms with Crippen LogP contribution in [0.1, 0.15) is 22.4 Å². The van der Waals surface area contributed by atoms with Crippen molar-refractivity contribution in [2.45, 2.75) is 27.3 Å². The lowest BCUT2D eigenvalue weighted by molar-refractivity contribution is 0.460. The maximum Gasteiger partial charge on any atom is 0.219 e. The first-order valence-electron chi connectivity index (χ1n) is 6.57. The van der Waals surface area contributed by atoms with Gasteiger partial charge in [-0.1, -0.05) is 22.0 Å². The monoisotopic (exact) mass is 334 g/mol. The van der Waals surface area contributed by atoms with Gasteiger partial charge in [0.25, 0.3) is 0 Å². The summed E-state index contributed by atoms with van der Waals surface area (Å²) in [4.78, 5) is 4.49. The highest BCUT2D eigenvalue weighted by atomic mass is 79.9. The van der Waals surface area contributed by atoms with Gasteiger partial charge in [0.2, 0.25) is 5.88 Å². The minimum atomic E-state index is 0.628. The maximum atomic E-state index is 5.86. The summed E-state index contributed by atoms with van der Waals surface area (Å²) in [5.41, 5.74) is 4.48. The van der Waals surface area contributed by atoms with Gasteiger partial charge >= 0.3 is 0 Å². The van der Waals surface area contributed by atoms with Crippen molar-refractivity contribution in [3.05, 3.63) is 51.1 Å². The molecule has 0 spiro atoms. The molecule has 0 bridgehead atoms. The molecule has 1 N–H and O–H groups in total. The molecular formula is C16H19BrN2O. The summed E-state index contributed by atoms with van der Waals surface area (Å²) in [5, 5.41) is 3.13. The summed E-state index contributed by atoms with van der Waals surface area (Å²) >= 11 is 3.56. The predicted molar refractivity (Wildman–Crippen MR) is 85.4 cm³/mol. The first kappa shape index (κ1) is 15.0. The van der Waals surface area contributed by atoms with E-state index in [2.05, 4.69) is 40.1 Å². The fourth-order valence-corrected chi connectivity index (χ4v) is 2.32. The van der Waals surface area contributed by atoms with E-state index in [4.69, 9.17) is 4.74 Å². The number of aryl methyl sites for hydroxylation is 3. The van der Waals surface area contributed by atoms with Crippen molar-refractivity contribution in [2.75, 3.05) is 7.05 Å². The number of pyridine rings is 1. The Kier molecular flexibility index (Phi) is 4.78. The van der Waals surface area contributed by atoms with E-state index in [-0.39, 0.29) is 0 Å². The zero-order valence-corrected chi connectivity index (χ0v) is 13.8. The van der Waals surface area contributed by atoms with Gasteiger partial charge in [0.1, 0.15) is 5.75 Å². The fraction of sp³-hybridized carbons (Fsp3) is 0.312. The highest BCUT2D eigenvalue weighted by Gasteiger charge is 2.06. The molecule has 20 heavy (non-hydrogen) atoms. The lowest BCUT2D eigenvalue weighted by Gasteiger charge is -2.11. The number of nitrogens with zero attached hydrogens (tertiary/aromatic N) is 1. The zero-order valence-electron chi connectivity index (χ0n) is 12.2. The first-order chi connectivity index (χ1) is 9.51. The Labute approximate surface area is 128 Å². The van der Waals surface area contributed by atoms with E-state index in [9.17, 15) is 0 Å². The summed E-state index contributed by atoms with van der Waals surface area (Å²) in [6.07, 6.45) is 0. The molecule has 0 aliphatic heterocycles. The lowest BCUT2D eigenvalue weighted by atomic mass is 10.1. The van der Waals surface area contributed by atoms with Gasteiger partial charge in [0.05, 0.1) is 0 Å². The molecule has 0 aliphatic carbocycles. The van der Waals surface area contributed by atoms with Crippen LogP contribution in [0.3, 0.4) is 0 Å². The number of halogens is 1. The second-order valence-electron chi connectivity index (χ2n) is 4.90. The van der Waals surface area contributed by atoms with E-state index in [1.807, 2.05) is 38.2 Å². The Morgan fingerprint density at radius 3 is 2.35 bits per heavy atom. The van der Waals surface area contributed by atoms with Crippen LogP contribution in [-0.2, 0) is 6.54 Å². The van der Waals surface area contributed by atoms with Crippen molar-refractivity contribution >= 4 is 15.9 Å². The Morgan fingerprint density at radius 1 is 1.15 bits per heavy atom. The molecule has 0 aliphatic rings. The van der Waals surface area contributed by atoms with Crippen LogP contribution in [0.15, 0.2) is 28.7 Å². The molecule has 106 valence electrons. The number of hydrogen-bond donors (Lipinski definition) is 1. The van der Waals surface area contributed by atoms with Crippen molar-refractivity contribution < 1.29 is 4.74 Å². The molecule has 0 radical (unpaired) electrons. The van der Waals surface area contributed by atoms with Crippen molar-refractivity contribution in [1.29, 1.82) is 0 Å². The molecule has 0 amide bonds. The molecule has 0 saturated heterocycles. The highest BCUT2D eigenvalue weighted by Crippen LogP contribution is 2.29. The predicted octanol–water partition coefficient (Wildman–Crippen LogP) is 4.28. The topological polar surface area (TPSA) is 34.1 Å². The van der Waals surface area contributed by atoms with Crippen LogP contribution >= 0.6 is 15.9 Å². The summed E-state index contributed by atoms with van der Waals surface area (Å²) < 4.78 is 6.98. The quantitative estimate of drug-likeness (QED) is 0.905. The molecule has 1 aromatic carbocycles. The van der Waals surface area contributed by atoms with Gasteiger partial charge in [-0.05, 0) is 56.6 Å². The summed E-state index contributed by atoms with van der Waals surface area (Å²) in [5.74, 6) is 1.44. The lowest BCUT2D eigenvalue weighted by Crippen LogP contribution is -2.07. The number of hydrogen-bond acceptors (Lipinski definition) is 3. The number of ether oxygens (including phenoxy) is 1. The minimum absolute atomic E-state index is 0.628. The van der Waals surface area contributed by atoms with Crippen LogP contribution < -0.4 is 10.1 Å². The molecule has 1 aromatic heterocycles. The third kappa shape index (κ3) is 3.38. The van der Waals surface area contributed by atoms with Gasteiger partial charge in [-0.25, -0.2) is 4.98 Å². The molecule has 0 atom stereocenters. The van der Waals surface area contributed by atoms with Crippen LogP contribution in [0.25, 0.3) is 0 Å². The normalized spacial score (nSPS) is 10.7. The molecule has 2 aromatic rings. The first-order valence-corrected chi connectivity index (χ1v) is 7.36. The van der Waals surface area contributed by atoms with Crippen molar-refractivity contribution in [3.63, 3.8) is 0 Å². The van der Waals surface area contributed by atoms with Crippen molar-refractivity contribution in [3.8, 4) is 11.6 Å². The molecule has 0 unspecified atom stereocenters. The Bertz CT molecular complexity index is 603. The largest absolute Gasteiger partial charge is 0.439 e. The van der Waals surface area contributed by atoms with Gasteiger partial charge in [-0.3, -0.25) is 0 Å². The Hall–Kier alpha value is -1.39. The average Bonchev–Trinajstić information content (AvgIpc) is 2.39. The van der Waals surface area contributed by atoms with E-state index in [0.717, 1.165) is 33.6 Å². The second-order valence-corrected chi connectivity index (χ2v) is 5.69. The standard InChI is InChI=1S/C16H19BrN2O/c1-10-7-14(8-11(2)16(10)17)20-15-6-5-13(9-18-4)12(3)19-15/h5-8,18H,9H2,1-4H3. The van der Waals surface area contributed by atoms with E-state index in [0.29, 0.717) is 5.88 Å². The summed E-state index contributed by atoms with van der Waals surface area (Å²) in [6, 6.07) is 7.98. The molecule has 0 saturated carbocycles. The van der Waals surface area contributed by atoms with Crippen LogP contribution in [0.5, 0.6) is 11.6 Å². The van der Waals surface area contributed by atoms with E-state index < -0.39 is 0 Å². The molecule has 3 nitrogen and oxygen atoms in total. The van der Waals surface area contributed by atoms with E-state index in [1.165, 1.54) is 5.56 Å². The fourth-order valence-electron chi connectivity index (χ4n) is 2.09. The van der Waals surface area contributed by atoms with Crippen LogP contribution in [0.4, 0.5) is 0 Å². The average molecular weight is 335 g/mol. The van der Waals surface area contributed by atoms with Crippen molar-refractivity contribution in [1.82, 2.24) is 10.3 Å². The zero-order chi connectivity index (χ0) is 14.7. The van der Waals surface area contributed by atoms with Gasteiger partial charge in [0.15, 0.2) is 0 Å². The number of aromatic nitrogens is 1. The van der Waals surface area contributed by atoms with Crippen LogP contribution in [0, 0.1) is 20.8 Å². The number of rotatable bonds is 4. The second kappa shape index (κ2) is 6.37. The Balaban J connectivity index is 2.24. The third-order valence-electron chi connectivity index (χ3n) is 3.17. The minimum Gasteiger partial charge on any atom is -0.439 e. The highest BCUT2D eigenvalue weighted by molar-refractivity contribution is 9.10. The summed E-state index contributed by atoms with van der Waals surface area (Å²) in [6.45, 7) is 6.92. The number of benzene rings is 1. The van der Waals surface area contributed by atoms with E-state index >= 15 is 0 Å². The van der Waals surface area contributed by atoms with Crippen LogP contribution in [0.2, 0.25) is 0 Å². The molecule has 1 heterocycles. The Morgan fingerprint density at radius 2 is 1.80 bits per heavy atom.